The number of thiophene rings is 1. The molecule has 7 aromatic carbocycles. The fraction of sp³-hybridized carbons (Fsp3) is 0. The molecule has 10 rings (SSSR count). The number of hydrogen-bond donors (Lipinski definition) is 0. The first-order valence-corrected chi connectivity index (χ1v) is 16.4. The zero-order valence-electron chi connectivity index (χ0n) is 25.0. The van der Waals surface area contributed by atoms with Crippen LogP contribution in [0, 0.1) is 23.5 Å². The van der Waals surface area contributed by atoms with Gasteiger partial charge in [0.2, 0.25) is 0 Å². The van der Waals surface area contributed by atoms with Crippen molar-refractivity contribution in [2.45, 2.75) is 0 Å². The second kappa shape index (κ2) is 9.83. The Morgan fingerprint density at radius 3 is 1.81 bits per heavy atom. The van der Waals surface area contributed by atoms with Crippen LogP contribution in [-0.4, -0.2) is 9.13 Å². The minimum absolute atomic E-state index is 0.659. The van der Waals surface area contributed by atoms with Gasteiger partial charge < -0.3 is 9.13 Å². The van der Waals surface area contributed by atoms with E-state index in [1.165, 1.54) is 69.6 Å². The number of benzene rings is 6. The van der Waals surface area contributed by atoms with E-state index in [4.69, 9.17) is 0 Å². The lowest BCUT2D eigenvalue weighted by atomic mass is 10.0. The van der Waals surface area contributed by atoms with Gasteiger partial charge in [0, 0.05) is 48.8 Å². The summed E-state index contributed by atoms with van der Waals surface area (Å²) in [4.78, 5) is 0. The van der Waals surface area contributed by atoms with Crippen molar-refractivity contribution >= 4 is 75.1 Å². The second-order valence-corrected chi connectivity index (χ2v) is 13.0. The summed E-state index contributed by atoms with van der Waals surface area (Å²) in [5, 5.41) is 16.7. The standard InChI is InChI=1S/C43H23N3S/c44-26-27-16-20-30(21-17-27)45-37-12-4-1-8-31(37)35-24-28(18-22-39(35)45)29-19-23-40-36(25-29)32-9-2-5-13-38(32)46(40)41-14-7-11-34-33-10-3-6-15-42(33)47-43(34)41/h1-2,4-5,7-25H. The Balaban J connectivity index is 1.18. The third kappa shape index (κ3) is 3.74. The molecule has 0 saturated carbocycles. The van der Waals surface area contributed by atoms with Crippen molar-refractivity contribution < 1.29 is 0 Å². The van der Waals surface area contributed by atoms with Crippen molar-refractivity contribution in [3.05, 3.63) is 157 Å². The molecule has 0 aliphatic heterocycles. The number of nitrogens with zero attached hydrogens (tertiary/aromatic N) is 3. The van der Waals surface area contributed by atoms with Crippen LogP contribution < -0.4 is 0 Å². The number of hydrogen-bond acceptors (Lipinski definition) is 2. The van der Waals surface area contributed by atoms with Crippen LogP contribution in [-0.2, 0) is 0 Å². The van der Waals surface area contributed by atoms with Gasteiger partial charge in [-0.1, -0.05) is 72.8 Å². The van der Waals surface area contributed by atoms with E-state index in [1.807, 2.05) is 41.7 Å². The lowest BCUT2D eigenvalue weighted by Gasteiger charge is -2.10. The summed E-state index contributed by atoms with van der Waals surface area (Å²) in [6, 6.07) is 58.0. The van der Waals surface area contributed by atoms with Crippen LogP contribution in [0.4, 0.5) is 0 Å². The highest BCUT2D eigenvalue weighted by Gasteiger charge is 2.18. The molecule has 216 valence electrons. The van der Waals surface area contributed by atoms with Gasteiger partial charge in [-0.15, -0.1) is 11.3 Å². The molecule has 0 spiro atoms. The van der Waals surface area contributed by atoms with Crippen molar-refractivity contribution in [1.29, 1.82) is 5.26 Å². The molecule has 0 fully saturated rings. The van der Waals surface area contributed by atoms with E-state index in [2.05, 4.69) is 137 Å². The van der Waals surface area contributed by atoms with Gasteiger partial charge in [0.05, 0.1) is 44.1 Å². The lowest BCUT2D eigenvalue weighted by molar-refractivity contribution is 1.18. The number of aromatic nitrogens is 2. The summed E-state index contributed by atoms with van der Waals surface area (Å²) in [6.45, 7) is 0. The molecule has 47 heavy (non-hydrogen) atoms. The third-order valence-corrected chi connectivity index (χ3v) is 10.6. The third-order valence-electron chi connectivity index (χ3n) is 9.44. The molecular formula is C43H23N3S. The molecule has 3 aromatic heterocycles. The van der Waals surface area contributed by atoms with E-state index in [9.17, 15) is 5.26 Å². The Morgan fingerprint density at radius 2 is 1.11 bits per heavy atom. The van der Waals surface area contributed by atoms with Crippen LogP contribution in [0.1, 0.15) is 5.56 Å². The summed E-state index contributed by atoms with van der Waals surface area (Å²) < 4.78 is 7.21. The minimum atomic E-state index is 0.659. The van der Waals surface area contributed by atoms with Gasteiger partial charge in [-0.25, -0.2) is 0 Å². The zero-order chi connectivity index (χ0) is 31.1. The van der Waals surface area contributed by atoms with Gasteiger partial charge in [0.1, 0.15) is 0 Å². The predicted molar refractivity (Wildman–Crippen MR) is 196 cm³/mol. The number of rotatable bonds is 3. The SMILES string of the molecule is N#Cc1ccc(-n2c3ccccc3c3cc(-c4ccc5c(c4)c4ccccc4n5-c4cccc5c4sc4cc#ccc45)ccc32)cc1. The molecule has 3 nitrogen and oxygen atoms in total. The molecule has 0 aliphatic rings. The molecule has 0 bridgehead atoms. The fourth-order valence-electron chi connectivity index (χ4n) is 7.32. The van der Waals surface area contributed by atoms with Crippen molar-refractivity contribution in [3.63, 3.8) is 0 Å². The van der Waals surface area contributed by atoms with Gasteiger partial charge >= 0.3 is 0 Å². The van der Waals surface area contributed by atoms with Crippen molar-refractivity contribution in [2.75, 3.05) is 0 Å². The van der Waals surface area contributed by atoms with Crippen molar-refractivity contribution in [3.8, 4) is 28.6 Å². The summed E-state index contributed by atoms with van der Waals surface area (Å²) in [7, 11) is 0. The Labute approximate surface area is 274 Å². The zero-order valence-corrected chi connectivity index (χ0v) is 25.8. The van der Waals surface area contributed by atoms with Crippen LogP contribution in [0.2, 0.25) is 0 Å². The highest BCUT2D eigenvalue weighted by Crippen LogP contribution is 2.42. The van der Waals surface area contributed by atoms with Crippen LogP contribution in [0.5, 0.6) is 0 Å². The minimum Gasteiger partial charge on any atom is -0.309 e. The highest BCUT2D eigenvalue weighted by molar-refractivity contribution is 7.26. The summed E-state index contributed by atoms with van der Waals surface area (Å²) >= 11 is 1.82. The molecule has 0 saturated heterocycles. The number of nitriles is 1. The first-order valence-electron chi connectivity index (χ1n) is 15.6. The molecule has 0 atom stereocenters. The lowest BCUT2D eigenvalue weighted by Crippen LogP contribution is -1.94. The molecule has 0 aliphatic carbocycles. The van der Waals surface area contributed by atoms with E-state index >= 15 is 0 Å². The topological polar surface area (TPSA) is 33.6 Å². The van der Waals surface area contributed by atoms with E-state index in [0.717, 1.165) is 16.7 Å². The smallest absolute Gasteiger partial charge is 0.0991 e. The maximum Gasteiger partial charge on any atom is 0.0991 e. The second-order valence-electron chi connectivity index (χ2n) is 11.9. The first-order chi connectivity index (χ1) is 23.3. The Hall–Kier alpha value is -6.33. The van der Waals surface area contributed by atoms with Crippen LogP contribution in [0.25, 0.3) is 86.3 Å². The highest BCUT2D eigenvalue weighted by atomic mass is 32.1. The summed E-state index contributed by atoms with van der Waals surface area (Å²) in [5.74, 6) is 0. The summed E-state index contributed by atoms with van der Waals surface area (Å²) in [6.07, 6.45) is 0. The maximum absolute atomic E-state index is 9.33. The number of fused-ring (bicyclic) bond motifs is 9. The monoisotopic (exact) mass is 613 g/mol. The Bertz CT molecular complexity index is 2910. The Kier molecular flexibility index (Phi) is 5.43. The molecule has 0 amide bonds. The van der Waals surface area contributed by atoms with Crippen LogP contribution >= 0.6 is 11.3 Å². The van der Waals surface area contributed by atoms with Crippen molar-refractivity contribution in [1.82, 2.24) is 9.13 Å². The van der Waals surface area contributed by atoms with E-state index in [1.54, 1.807) is 0 Å². The van der Waals surface area contributed by atoms with Crippen LogP contribution in [0.3, 0.4) is 0 Å². The predicted octanol–water partition coefficient (Wildman–Crippen LogP) is 11.4. The van der Waals surface area contributed by atoms with E-state index in [-0.39, 0.29) is 0 Å². The van der Waals surface area contributed by atoms with Crippen LogP contribution in [0.15, 0.2) is 140 Å². The average Bonchev–Trinajstić information content (AvgIpc) is 3.79. The van der Waals surface area contributed by atoms with Gasteiger partial charge in [0.15, 0.2) is 0 Å². The van der Waals surface area contributed by atoms with Gasteiger partial charge in [-0.05, 0) is 83.9 Å². The van der Waals surface area contributed by atoms with E-state index in [0.29, 0.717) is 5.56 Å². The quantitative estimate of drug-likeness (QED) is 0.195. The fourth-order valence-corrected chi connectivity index (χ4v) is 8.49. The molecule has 4 heteroatoms. The average molecular weight is 614 g/mol. The van der Waals surface area contributed by atoms with Gasteiger partial charge in [-0.3, -0.25) is 0 Å². The molecule has 3 heterocycles. The van der Waals surface area contributed by atoms with Gasteiger partial charge in [-0.2, -0.15) is 5.26 Å². The normalized spacial score (nSPS) is 11.6. The Morgan fingerprint density at radius 1 is 0.511 bits per heavy atom. The molecule has 0 unspecified atom stereocenters. The molecule has 0 N–H and O–H groups in total. The van der Waals surface area contributed by atoms with E-state index < -0.39 is 0 Å². The molecule has 0 radical (unpaired) electrons. The number of para-hydroxylation sites is 2. The largest absolute Gasteiger partial charge is 0.309 e. The molecular weight excluding hydrogens is 591 g/mol. The summed E-state index contributed by atoms with van der Waals surface area (Å²) in [5.41, 5.74) is 9.94. The first kappa shape index (κ1) is 25.9. The van der Waals surface area contributed by atoms with Gasteiger partial charge in [0.25, 0.3) is 0 Å². The maximum atomic E-state index is 9.33. The van der Waals surface area contributed by atoms with Crippen molar-refractivity contribution in [2.24, 2.45) is 0 Å². The molecule has 10 aromatic rings.